The number of carbonyl (C=O) groups excluding carboxylic acids is 1. The second-order valence-electron chi connectivity index (χ2n) is 6.15. The van der Waals surface area contributed by atoms with E-state index < -0.39 is 0 Å². The lowest BCUT2D eigenvalue weighted by atomic mass is 10.1. The van der Waals surface area contributed by atoms with Crippen LogP contribution in [0.15, 0.2) is 78.9 Å². The van der Waals surface area contributed by atoms with Crippen LogP contribution in [0.3, 0.4) is 0 Å². The molecule has 0 aromatic heterocycles. The zero-order chi connectivity index (χ0) is 20.6. The smallest absolute Gasteiger partial charge is 0.352 e. The molecule has 3 aromatic rings. The number of anilines is 2. The molecule has 0 unspecified atom stereocenters. The largest absolute Gasteiger partial charge is 0.497 e. The van der Waals surface area contributed by atoms with Crippen molar-refractivity contribution in [3.63, 3.8) is 0 Å². The molecule has 0 atom stereocenters. The number of methoxy groups -OCH3 is 1. The normalized spacial score (nSPS) is 9.90. The SMILES string of the molecule is COc1ccc(C#Cc2ccccc2N(C)C(=O)N(OC)c2ccccc2)cc1. The number of amides is 2. The number of urea groups is 1. The highest BCUT2D eigenvalue weighted by Gasteiger charge is 2.22. The minimum atomic E-state index is -0.322. The first kappa shape index (κ1) is 20.0. The van der Waals surface area contributed by atoms with Crippen LogP contribution in [0.4, 0.5) is 16.2 Å². The number of hydroxylamine groups is 1. The molecule has 0 aliphatic heterocycles. The monoisotopic (exact) mass is 386 g/mol. The van der Waals surface area contributed by atoms with Gasteiger partial charge in [0.25, 0.3) is 0 Å². The predicted octanol–water partition coefficient (Wildman–Crippen LogP) is 4.72. The number of benzene rings is 3. The zero-order valence-corrected chi connectivity index (χ0v) is 16.6. The summed E-state index contributed by atoms with van der Waals surface area (Å²) >= 11 is 0. The summed E-state index contributed by atoms with van der Waals surface area (Å²) in [6, 6.07) is 23.9. The van der Waals surface area contributed by atoms with E-state index in [0.717, 1.165) is 16.9 Å². The van der Waals surface area contributed by atoms with E-state index in [9.17, 15) is 4.79 Å². The van der Waals surface area contributed by atoms with Crippen molar-refractivity contribution in [3.8, 4) is 17.6 Å². The summed E-state index contributed by atoms with van der Waals surface area (Å²) in [5.74, 6) is 7.07. The average molecular weight is 386 g/mol. The highest BCUT2D eigenvalue weighted by molar-refractivity contribution is 6.02. The third-order valence-electron chi connectivity index (χ3n) is 4.33. The summed E-state index contributed by atoms with van der Waals surface area (Å²) in [6.07, 6.45) is 0. The summed E-state index contributed by atoms with van der Waals surface area (Å²) in [6.45, 7) is 0. The first-order valence-corrected chi connectivity index (χ1v) is 9.06. The molecule has 0 fully saturated rings. The Bertz CT molecular complexity index is 1020. The lowest BCUT2D eigenvalue weighted by Gasteiger charge is -2.26. The van der Waals surface area contributed by atoms with Crippen molar-refractivity contribution in [2.24, 2.45) is 0 Å². The van der Waals surface area contributed by atoms with Gasteiger partial charge in [-0.05, 0) is 48.5 Å². The molecule has 2 amide bonds. The van der Waals surface area contributed by atoms with Crippen LogP contribution in [0.1, 0.15) is 11.1 Å². The fraction of sp³-hybridized carbons (Fsp3) is 0.125. The molecule has 0 radical (unpaired) electrons. The van der Waals surface area contributed by atoms with Crippen LogP contribution >= 0.6 is 0 Å². The number of para-hydroxylation sites is 2. The molecular weight excluding hydrogens is 364 g/mol. The summed E-state index contributed by atoms with van der Waals surface area (Å²) in [4.78, 5) is 19.9. The molecule has 0 bridgehead atoms. The van der Waals surface area contributed by atoms with Gasteiger partial charge in [-0.3, -0.25) is 9.74 Å². The first-order chi connectivity index (χ1) is 14.1. The molecule has 0 saturated carbocycles. The molecule has 0 spiro atoms. The third kappa shape index (κ3) is 4.75. The molecule has 0 aliphatic carbocycles. The first-order valence-electron chi connectivity index (χ1n) is 9.06. The van der Waals surface area contributed by atoms with Crippen molar-refractivity contribution in [1.82, 2.24) is 0 Å². The Morgan fingerprint density at radius 1 is 0.828 bits per heavy atom. The Hall–Kier alpha value is -3.75. The summed E-state index contributed by atoms with van der Waals surface area (Å²) < 4.78 is 5.17. The quantitative estimate of drug-likeness (QED) is 0.481. The Balaban J connectivity index is 1.87. The standard InChI is InChI=1S/C24H22N2O3/c1-25(24(27)26(29-3)21-10-5-4-6-11-21)23-12-8-7-9-20(23)16-13-19-14-17-22(28-2)18-15-19/h4-12,14-15,17-18H,1-3H3. The maximum Gasteiger partial charge on any atom is 0.352 e. The second-order valence-corrected chi connectivity index (χ2v) is 6.15. The van der Waals surface area contributed by atoms with Gasteiger partial charge in [0.2, 0.25) is 0 Å². The predicted molar refractivity (Wildman–Crippen MR) is 115 cm³/mol. The van der Waals surface area contributed by atoms with E-state index in [4.69, 9.17) is 9.57 Å². The molecule has 29 heavy (non-hydrogen) atoms. The molecule has 0 heterocycles. The maximum atomic E-state index is 13.0. The van der Waals surface area contributed by atoms with Crippen molar-refractivity contribution >= 4 is 17.4 Å². The molecule has 146 valence electrons. The van der Waals surface area contributed by atoms with Crippen LogP contribution in [0.2, 0.25) is 0 Å². The Labute approximate surface area is 171 Å². The van der Waals surface area contributed by atoms with Crippen molar-refractivity contribution in [2.75, 3.05) is 31.2 Å². The summed E-state index contributed by atoms with van der Waals surface area (Å²) in [5.41, 5.74) is 2.94. The van der Waals surface area contributed by atoms with Crippen molar-refractivity contribution in [1.29, 1.82) is 0 Å². The van der Waals surface area contributed by atoms with Gasteiger partial charge in [0, 0.05) is 18.2 Å². The Morgan fingerprint density at radius 3 is 2.14 bits per heavy atom. The fourth-order valence-corrected chi connectivity index (χ4v) is 2.78. The van der Waals surface area contributed by atoms with E-state index in [1.807, 2.05) is 78.9 Å². The van der Waals surface area contributed by atoms with Gasteiger partial charge in [-0.2, -0.15) is 5.06 Å². The van der Waals surface area contributed by atoms with E-state index in [0.29, 0.717) is 11.4 Å². The molecule has 0 aliphatic rings. The average Bonchev–Trinajstić information content (AvgIpc) is 2.79. The molecule has 3 rings (SSSR count). The van der Waals surface area contributed by atoms with Gasteiger partial charge in [-0.25, -0.2) is 4.79 Å². The van der Waals surface area contributed by atoms with Crippen molar-refractivity contribution in [3.05, 3.63) is 90.0 Å². The van der Waals surface area contributed by atoms with E-state index in [1.165, 1.54) is 17.1 Å². The highest BCUT2D eigenvalue weighted by Crippen LogP contribution is 2.22. The van der Waals surface area contributed by atoms with Gasteiger partial charge in [-0.15, -0.1) is 0 Å². The molecule has 0 N–H and O–H groups in total. The van der Waals surface area contributed by atoms with Gasteiger partial charge in [0.1, 0.15) is 5.75 Å². The molecule has 5 nitrogen and oxygen atoms in total. The Kier molecular flexibility index (Phi) is 6.51. The number of hydrogen-bond acceptors (Lipinski definition) is 3. The van der Waals surface area contributed by atoms with Crippen molar-refractivity contribution in [2.45, 2.75) is 0 Å². The molecule has 3 aromatic carbocycles. The number of hydrogen-bond donors (Lipinski definition) is 0. The Morgan fingerprint density at radius 2 is 1.48 bits per heavy atom. The lowest BCUT2D eigenvalue weighted by Crippen LogP contribution is -2.41. The van der Waals surface area contributed by atoms with Gasteiger partial charge >= 0.3 is 6.03 Å². The molecular formula is C24H22N2O3. The van der Waals surface area contributed by atoms with Gasteiger partial charge < -0.3 is 4.74 Å². The van der Waals surface area contributed by atoms with Gasteiger partial charge in [0.05, 0.1) is 25.6 Å². The van der Waals surface area contributed by atoms with Crippen LogP contribution < -0.4 is 14.7 Å². The van der Waals surface area contributed by atoms with Crippen LogP contribution in [-0.4, -0.2) is 27.3 Å². The maximum absolute atomic E-state index is 13.0. The second kappa shape index (κ2) is 9.45. The van der Waals surface area contributed by atoms with E-state index in [1.54, 1.807) is 14.2 Å². The van der Waals surface area contributed by atoms with Gasteiger partial charge in [-0.1, -0.05) is 42.2 Å². The van der Waals surface area contributed by atoms with Crippen LogP contribution in [0, 0.1) is 11.8 Å². The van der Waals surface area contributed by atoms with E-state index in [-0.39, 0.29) is 6.03 Å². The van der Waals surface area contributed by atoms with Crippen molar-refractivity contribution < 1.29 is 14.4 Å². The van der Waals surface area contributed by atoms with E-state index >= 15 is 0 Å². The number of nitrogens with zero attached hydrogens (tertiary/aromatic N) is 2. The minimum Gasteiger partial charge on any atom is -0.497 e. The number of ether oxygens (including phenoxy) is 1. The molecule has 5 heteroatoms. The van der Waals surface area contributed by atoms with Gasteiger partial charge in [0.15, 0.2) is 0 Å². The van der Waals surface area contributed by atoms with Crippen LogP contribution in [0.25, 0.3) is 0 Å². The van der Waals surface area contributed by atoms with E-state index in [2.05, 4.69) is 11.8 Å². The minimum absolute atomic E-state index is 0.322. The lowest BCUT2D eigenvalue weighted by molar-refractivity contribution is 0.167. The zero-order valence-electron chi connectivity index (χ0n) is 16.6. The summed E-state index contributed by atoms with van der Waals surface area (Å²) in [5, 5.41) is 1.24. The third-order valence-corrected chi connectivity index (χ3v) is 4.33. The number of carbonyl (C=O) groups is 1. The topological polar surface area (TPSA) is 42.0 Å². The summed E-state index contributed by atoms with van der Waals surface area (Å²) in [7, 11) is 4.79. The van der Waals surface area contributed by atoms with Crippen LogP contribution in [0.5, 0.6) is 5.75 Å². The highest BCUT2D eigenvalue weighted by atomic mass is 16.7. The fourth-order valence-electron chi connectivity index (χ4n) is 2.78. The molecule has 0 saturated heterocycles. The van der Waals surface area contributed by atoms with Crippen LogP contribution in [-0.2, 0) is 4.84 Å². The number of rotatable bonds is 4.